The number of halogens is 1. The van der Waals surface area contributed by atoms with Crippen LogP contribution in [0.15, 0.2) is 18.2 Å². The van der Waals surface area contributed by atoms with Crippen molar-refractivity contribution in [2.24, 2.45) is 7.05 Å². The molecule has 0 spiro atoms. The predicted octanol–water partition coefficient (Wildman–Crippen LogP) is 2.80. The van der Waals surface area contributed by atoms with Crippen LogP contribution in [-0.2, 0) is 17.2 Å². The highest BCUT2D eigenvalue weighted by atomic mass is 19.1. The van der Waals surface area contributed by atoms with Gasteiger partial charge in [0, 0.05) is 44.5 Å². The molecule has 0 saturated carbocycles. The molecule has 1 aliphatic rings. The van der Waals surface area contributed by atoms with Gasteiger partial charge in [0.1, 0.15) is 5.82 Å². The summed E-state index contributed by atoms with van der Waals surface area (Å²) in [6.07, 6.45) is 1.85. The van der Waals surface area contributed by atoms with Crippen LogP contribution >= 0.6 is 0 Å². The second kappa shape index (κ2) is 6.39. The highest BCUT2D eigenvalue weighted by Crippen LogP contribution is 2.35. The summed E-state index contributed by atoms with van der Waals surface area (Å²) in [5.41, 5.74) is 0.743. The molecule has 0 aliphatic carbocycles. The molecule has 130 valence electrons. The van der Waals surface area contributed by atoms with E-state index in [0.29, 0.717) is 5.95 Å². The molecule has 1 saturated heterocycles. The van der Waals surface area contributed by atoms with Crippen LogP contribution in [0.4, 0.5) is 16.0 Å². The fraction of sp³-hybridized carbons (Fsp3) is 0.529. The van der Waals surface area contributed by atoms with E-state index in [1.807, 2.05) is 23.6 Å². The van der Waals surface area contributed by atoms with Gasteiger partial charge in [-0.15, -0.1) is 10.2 Å². The van der Waals surface area contributed by atoms with Gasteiger partial charge in [-0.25, -0.2) is 4.39 Å². The average molecular weight is 334 g/mol. The van der Waals surface area contributed by atoms with Crippen molar-refractivity contribution in [2.45, 2.75) is 25.2 Å². The van der Waals surface area contributed by atoms with Gasteiger partial charge >= 0.3 is 0 Å². The molecule has 0 atom stereocenters. The van der Waals surface area contributed by atoms with E-state index in [2.05, 4.69) is 17.1 Å². The zero-order valence-electron chi connectivity index (χ0n) is 14.5. The largest absolute Gasteiger partial charge is 0.494 e. The van der Waals surface area contributed by atoms with Gasteiger partial charge < -0.3 is 14.4 Å². The molecule has 1 aromatic carbocycles. The van der Waals surface area contributed by atoms with Crippen molar-refractivity contribution in [3.8, 4) is 5.75 Å². The summed E-state index contributed by atoms with van der Waals surface area (Å²) in [7, 11) is 5.30. The molecule has 0 unspecified atom stereocenters. The van der Waals surface area contributed by atoms with Crippen LogP contribution in [0.3, 0.4) is 0 Å². The Labute approximate surface area is 141 Å². The normalized spacial score (nSPS) is 16.9. The SMILES string of the molecule is COc1cc(N(C)c2nnc(C3(C)CCOCC3)n2C)ccc1F. The Morgan fingerprint density at radius 1 is 1.29 bits per heavy atom. The fourth-order valence-electron chi connectivity index (χ4n) is 3.16. The lowest BCUT2D eigenvalue weighted by molar-refractivity contribution is 0.0525. The lowest BCUT2D eigenvalue weighted by Crippen LogP contribution is -2.33. The van der Waals surface area contributed by atoms with Crippen LogP contribution in [0.25, 0.3) is 0 Å². The highest BCUT2D eigenvalue weighted by Gasteiger charge is 2.35. The Balaban J connectivity index is 1.93. The zero-order valence-corrected chi connectivity index (χ0v) is 14.5. The minimum absolute atomic E-state index is 0.0421. The number of nitrogens with zero attached hydrogens (tertiary/aromatic N) is 4. The first-order chi connectivity index (χ1) is 11.5. The van der Waals surface area contributed by atoms with E-state index in [0.717, 1.165) is 37.6 Å². The van der Waals surface area contributed by atoms with Crippen LogP contribution in [0.2, 0.25) is 0 Å². The van der Waals surface area contributed by atoms with Crippen LogP contribution in [0, 0.1) is 5.82 Å². The number of hydrogen-bond acceptors (Lipinski definition) is 5. The molecule has 2 heterocycles. The van der Waals surface area contributed by atoms with E-state index in [-0.39, 0.29) is 17.0 Å². The van der Waals surface area contributed by atoms with Crippen molar-refractivity contribution >= 4 is 11.6 Å². The number of rotatable bonds is 4. The van der Waals surface area contributed by atoms with Crippen molar-refractivity contribution in [1.29, 1.82) is 0 Å². The van der Waals surface area contributed by atoms with Gasteiger partial charge in [-0.2, -0.15) is 0 Å². The van der Waals surface area contributed by atoms with Gasteiger partial charge in [-0.3, -0.25) is 4.57 Å². The first kappa shape index (κ1) is 16.7. The molecule has 0 N–H and O–H groups in total. The van der Waals surface area contributed by atoms with Gasteiger partial charge in [0.25, 0.3) is 0 Å². The van der Waals surface area contributed by atoms with Gasteiger partial charge in [0.15, 0.2) is 11.6 Å². The maximum atomic E-state index is 13.6. The Kier molecular flexibility index (Phi) is 4.45. The average Bonchev–Trinajstić information content (AvgIpc) is 2.97. The molecular weight excluding hydrogens is 311 g/mol. The van der Waals surface area contributed by atoms with Crippen molar-refractivity contribution < 1.29 is 13.9 Å². The van der Waals surface area contributed by atoms with Crippen molar-refractivity contribution in [2.75, 3.05) is 32.3 Å². The molecule has 1 fully saturated rings. The van der Waals surface area contributed by atoms with Crippen LogP contribution < -0.4 is 9.64 Å². The summed E-state index contributed by atoms with van der Waals surface area (Å²) in [5, 5.41) is 8.78. The van der Waals surface area contributed by atoms with Gasteiger partial charge in [0.2, 0.25) is 5.95 Å². The number of benzene rings is 1. The lowest BCUT2D eigenvalue weighted by atomic mass is 9.81. The smallest absolute Gasteiger partial charge is 0.231 e. The summed E-state index contributed by atoms with van der Waals surface area (Å²) in [4.78, 5) is 1.88. The summed E-state index contributed by atoms with van der Waals surface area (Å²) in [5.74, 6) is 1.47. The van der Waals surface area contributed by atoms with E-state index >= 15 is 0 Å². The third-order valence-electron chi connectivity index (χ3n) is 4.81. The molecule has 7 heteroatoms. The minimum atomic E-state index is -0.386. The second-order valence-corrected chi connectivity index (χ2v) is 6.43. The summed E-state index contributed by atoms with van der Waals surface area (Å²) < 4.78 is 26.2. The van der Waals surface area contributed by atoms with Gasteiger partial charge in [-0.05, 0) is 25.0 Å². The van der Waals surface area contributed by atoms with E-state index in [1.165, 1.54) is 13.2 Å². The topological polar surface area (TPSA) is 52.4 Å². The molecule has 3 rings (SSSR count). The summed E-state index contributed by atoms with van der Waals surface area (Å²) >= 11 is 0. The van der Waals surface area contributed by atoms with E-state index < -0.39 is 0 Å². The number of anilines is 2. The third-order valence-corrected chi connectivity index (χ3v) is 4.81. The molecule has 0 radical (unpaired) electrons. The Hall–Kier alpha value is -2.15. The third kappa shape index (κ3) is 2.84. The first-order valence-corrected chi connectivity index (χ1v) is 8.01. The monoisotopic (exact) mass is 334 g/mol. The maximum absolute atomic E-state index is 13.6. The van der Waals surface area contributed by atoms with Crippen LogP contribution in [-0.4, -0.2) is 42.1 Å². The molecule has 1 aliphatic heterocycles. The number of hydrogen-bond donors (Lipinski definition) is 0. The number of aromatic nitrogens is 3. The van der Waals surface area contributed by atoms with E-state index in [1.54, 1.807) is 12.1 Å². The summed E-state index contributed by atoms with van der Waals surface area (Å²) in [6, 6.07) is 4.74. The van der Waals surface area contributed by atoms with E-state index in [4.69, 9.17) is 9.47 Å². The van der Waals surface area contributed by atoms with E-state index in [9.17, 15) is 4.39 Å². The number of methoxy groups -OCH3 is 1. The van der Waals surface area contributed by atoms with Gasteiger partial charge in [-0.1, -0.05) is 6.92 Å². The lowest BCUT2D eigenvalue weighted by Gasteiger charge is -2.32. The maximum Gasteiger partial charge on any atom is 0.231 e. The number of ether oxygens (including phenoxy) is 2. The Bertz CT molecular complexity index is 725. The van der Waals surface area contributed by atoms with Crippen molar-refractivity contribution in [3.63, 3.8) is 0 Å². The highest BCUT2D eigenvalue weighted by molar-refractivity contribution is 5.59. The molecule has 6 nitrogen and oxygen atoms in total. The van der Waals surface area contributed by atoms with Gasteiger partial charge in [0.05, 0.1) is 7.11 Å². The zero-order chi connectivity index (χ0) is 17.3. The molecule has 24 heavy (non-hydrogen) atoms. The molecule has 0 amide bonds. The summed E-state index contributed by atoms with van der Waals surface area (Å²) in [6.45, 7) is 3.68. The predicted molar refractivity (Wildman–Crippen MR) is 89.4 cm³/mol. The minimum Gasteiger partial charge on any atom is -0.494 e. The quantitative estimate of drug-likeness (QED) is 0.860. The molecule has 0 bridgehead atoms. The second-order valence-electron chi connectivity index (χ2n) is 6.43. The molecule has 2 aromatic rings. The van der Waals surface area contributed by atoms with Crippen molar-refractivity contribution in [1.82, 2.24) is 14.8 Å². The Morgan fingerprint density at radius 2 is 2.00 bits per heavy atom. The fourth-order valence-corrected chi connectivity index (χ4v) is 3.16. The molecule has 1 aromatic heterocycles. The first-order valence-electron chi connectivity index (χ1n) is 8.01. The Morgan fingerprint density at radius 3 is 2.67 bits per heavy atom. The van der Waals surface area contributed by atoms with Crippen molar-refractivity contribution in [3.05, 3.63) is 29.8 Å². The molecular formula is C17H23FN4O2. The van der Waals surface area contributed by atoms with Crippen LogP contribution in [0.5, 0.6) is 5.75 Å². The standard InChI is InChI=1S/C17H23FN4O2/c1-17(7-9-24-10-8-17)15-19-20-16(22(15)3)21(2)12-5-6-13(18)14(11-12)23-4/h5-6,11H,7-10H2,1-4H3. The van der Waals surface area contributed by atoms with Crippen LogP contribution in [0.1, 0.15) is 25.6 Å².